The first-order valence-corrected chi connectivity index (χ1v) is 8.80. The summed E-state index contributed by atoms with van der Waals surface area (Å²) in [4.78, 5) is 32.9. The average Bonchev–Trinajstić information content (AvgIpc) is 3.14. The summed E-state index contributed by atoms with van der Waals surface area (Å²) in [6, 6.07) is 9.40. The number of methoxy groups -OCH3 is 1. The number of hydrogen-bond donors (Lipinski definition) is 2. The van der Waals surface area contributed by atoms with Crippen molar-refractivity contribution in [2.75, 3.05) is 30.4 Å². The molecule has 0 saturated carbocycles. The minimum atomic E-state index is -0.402. The van der Waals surface area contributed by atoms with Gasteiger partial charge in [-0.2, -0.15) is 0 Å². The number of H-pyrrole nitrogens is 1. The standard InChI is InChI=1S/C19H21N5O3/c1-23-18(25)10-17(22-19(23)26)24-8-6-12(11-24)21-16-5-7-20-15-4-3-13(27-2)9-14(15)16/h3-5,7,9-10,12H,6,8,11H2,1-2H3,(H,20,21)(H,22,26)/t12-/m0/s1. The highest BCUT2D eigenvalue weighted by atomic mass is 16.5. The van der Waals surface area contributed by atoms with E-state index in [9.17, 15) is 9.59 Å². The van der Waals surface area contributed by atoms with Gasteiger partial charge in [0.05, 0.1) is 12.6 Å². The van der Waals surface area contributed by atoms with E-state index in [1.54, 1.807) is 13.3 Å². The molecule has 2 aromatic heterocycles. The first-order chi connectivity index (χ1) is 13.0. The molecule has 0 bridgehead atoms. The molecule has 1 saturated heterocycles. The number of nitrogens with zero attached hydrogens (tertiary/aromatic N) is 3. The van der Waals surface area contributed by atoms with Crippen LogP contribution < -0.4 is 26.2 Å². The van der Waals surface area contributed by atoms with Gasteiger partial charge in [0.15, 0.2) is 0 Å². The summed E-state index contributed by atoms with van der Waals surface area (Å²) in [5, 5.41) is 4.56. The highest BCUT2D eigenvalue weighted by molar-refractivity contribution is 5.92. The van der Waals surface area contributed by atoms with Crippen LogP contribution in [-0.4, -0.2) is 40.8 Å². The van der Waals surface area contributed by atoms with Gasteiger partial charge in [0.25, 0.3) is 5.56 Å². The van der Waals surface area contributed by atoms with E-state index >= 15 is 0 Å². The fraction of sp³-hybridized carbons (Fsp3) is 0.316. The summed E-state index contributed by atoms with van der Waals surface area (Å²) >= 11 is 0. The summed E-state index contributed by atoms with van der Waals surface area (Å²) < 4.78 is 6.39. The number of anilines is 2. The van der Waals surface area contributed by atoms with E-state index in [0.717, 1.165) is 39.9 Å². The molecular weight excluding hydrogens is 346 g/mol. The van der Waals surface area contributed by atoms with Crippen LogP contribution in [0.25, 0.3) is 10.9 Å². The SMILES string of the molecule is COc1ccc2nccc(N[C@H]3CCN(c4cc(=O)n(C)c(=O)[nH]4)C3)c2c1. The van der Waals surface area contributed by atoms with Gasteiger partial charge in [-0.1, -0.05) is 0 Å². The van der Waals surface area contributed by atoms with Crippen molar-refractivity contribution in [2.45, 2.75) is 12.5 Å². The number of aromatic nitrogens is 3. The Labute approximate surface area is 155 Å². The zero-order valence-electron chi connectivity index (χ0n) is 15.2. The molecular formula is C19H21N5O3. The van der Waals surface area contributed by atoms with Crippen molar-refractivity contribution in [1.29, 1.82) is 0 Å². The van der Waals surface area contributed by atoms with E-state index in [0.29, 0.717) is 12.4 Å². The highest BCUT2D eigenvalue weighted by Crippen LogP contribution is 2.28. The fourth-order valence-electron chi connectivity index (χ4n) is 3.41. The molecule has 3 aromatic rings. The third-order valence-electron chi connectivity index (χ3n) is 4.97. The molecule has 2 N–H and O–H groups in total. The van der Waals surface area contributed by atoms with Crippen molar-refractivity contribution >= 4 is 22.4 Å². The third kappa shape index (κ3) is 3.25. The summed E-state index contributed by atoms with van der Waals surface area (Å²) in [5.74, 6) is 1.35. The van der Waals surface area contributed by atoms with Gasteiger partial charge in [0.1, 0.15) is 11.6 Å². The second kappa shape index (κ2) is 6.79. The van der Waals surface area contributed by atoms with E-state index in [1.165, 1.54) is 13.1 Å². The van der Waals surface area contributed by atoms with Crippen molar-refractivity contribution in [2.24, 2.45) is 7.05 Å². The number of rotatable bonds is 4. The van der Waals surface area contributed by atoms with Crippen molar-refractivity contribution in [3.8, 4) is 5.75 Å². The van der Waals surface area contributed by atoms with Crippen molar-refractivity contribution in [1.82, 2.24) is 14.5 Å². The normalized spacial score (nSPS) is 16.7. The number of fused-ring (bicyclic) bond motifs is 1. The zero-order chi connectivity index (χ0) is 19.0. The van der Waals surface area contributed by atoms with Crippen LogP contribution in [0.15, 0.2) is 46.1 Å². The van der Waals surface area contributed by atoms with Crippen LogP contribution in [0.2, 0.25) is 0 Å². The first kappa shape index (κ1) is 17.1. The molecule has 0 amide bonds. The number of nitrogens with one attached hydrogen (secondary N) is 2. The van der Waals surface area contributed by atoms with E-state index in [-0.39, 0.29) is 11.6 Å². The van der Waals surface area contributed by atoms with Crippen molar-refractivity contribution in [3.05, 3.63) is 57.4 Å². The monoisotopic (exact) mass is 367 g/mol. The Morgan fingerprint density at radius 1 is 1.26 bits per heavy atom. The van der Waals surface area contributed by atoms with E-state index in [2.05, 4.69) is 15.3 Å². The second-order valence-corrected chi connectivity index (χ2v) is 6.67. The van der Waals surface area contributed by atoms with Crippen molar-refractivity contribution in [3.63, 3.8) is 0 Å². The summed E-state index contributed by atoms with van der Waals surface area (Å²) in [5.41, 5.74) is 1.17. The molecule has 1 fully saturated rings. The third-order valence-corrected chi connectivity index (χ3v) is 4.97. The molecule has 1 atom stereocenters. The lowest BCUT2D eigenvalue weighted by molar-refractivity contribution is 0.415. The Morgan fingerprint density at radius 2 is 2.11 bits per heavy atom. The van der Waals surface area contributed by atoms with Crippen LogP contribution in [0.4, 0.5) is 11.5 Å². The van der Waals surface area contributed by atoms with E-state index in [4.69, 9.17) is 4.74 Å². The quantitative estimate of drug-likeness (QED) is 0.723. The van der Waals surface area contributed by atoms with Gasteiger partial charge >= 0.3 is 5.69 Å². The minimum absolute atomic E-state index is 0.189. The summed E-state index contributed by atoms with van der Waals surface area (Å²) in [6.07, 6.45) is 2.67. The number of pyridine rings is 1. The predicted octanol–water partition coefficient (Wildman–Crippen LogP) is 1.32. The molecule has 8 nitrogen and oxygen atoms in total. The Bertz CT molecular complexity index is 1070. The van der Waals surface area contributed by atoms with Gasteiger partial charge in [-0.15, -0.1) is 0 Å². The molecule has 8 heteroatoms. The Morgan fingerprint density at radius 3 is 2.89 bits per heavy atom. The maximum absolute atomic E-state index is 11.9. The minimum Gasteiger partial charge on any atom is -0.497 e. The van der Waals surface area contributed by atoms with Crippen LogP contribution in [0.1, 0.15) is 6.42 Å². The van der Waals surface area contributed by atoms with E-state index < -0.39 is 5.69 Å². The number of ether oxygens (including phenoxy) is 1. The molecule has 1 aliphatic rings. The van der Waals surface area contributed by atoms with Crippen LogP contribution >= 0.6 is 0 Å². The lowest BCUT2D eigenvalue weighted by atomic mass is 10.1. The molecule has 0 aliphatic carbocycles. The maximum Gasteiger partial charge on any atom is 0.329 e. The van der Waals surface area contributed by atoms with Gasteiger partial charge in [-0.25, -0.2) is 4.79 Å². The smallest absolute Gasteiger partial charge is 0.329 e. The second-order valence-electron chi connectivity index (χ2n) is 6.67. The number of benzene rings is 1. The van der Waals surface area contributed by atoms with Gasteiger partial charge in [0.2, 0.25) is 0 Å². The summed E-state index contributed by atoms with van der Waals surface area (Å²) in [7, 11) is 3.10. The van der Waals surface area contributed by atoms with Gasteiger partial charge in [-0.3, -0.25) is 19.3 Å². The maximum atomic E-state index is 11.9. The molecule has 1 aliphatic heterocycles. The molecule has 27 heavy (non-hydrogen) atoms. The number of aromatic amines is 1. The largest absolute Gasteiger partial charge is 0.497 e. The van der Waals surface area contributed by atoms with Gasteiger partial charge in [0, 0.05) is 49.5 Å². The van der Waals surface area contributed by atoms with Gasteiger partial charge in [-0.05, 0) is 30.7 Å². The Kier molecular flexibility index (Phi) is 4.31. The van der Waals surface area contributed by atoms with Crippen LogP contribution in [0.5, 0.6) is 5.75 Å². The van der Waals surface area contributed by atoms with Crippen LogP contribution in [0.3, 0.4) is 0 Å². The fourth-order valence-corrected chi connectivity index (χ4v) is 3.41. The zero-order valence-corrected chi connectivity index (χ0v) is 15.2. The summed E-state index contributed by atoms with van der Waals surface area (Å²) in [6.45, 7) is 1.45. The molecule has 0 spiro atoms. The molecule has 3 heterocycles. The average molecular weight is 367 g/mol. The molecule has 4 rings (SSSR count). The molecule has 0 radical (unpaired) electrons. The van der Waals surface area contributed by atoms with Crippen LogP contribution in [-0.2, 0) is 7.05 Å². The first-order valence-electron chi connectivity index (χ1n) is 8.80. The topological polar surface area (TPSA) is 92.2 Å². The van der Waals surface area contributed by atoms with Crippen molar-refractivity contribution < 1.29 is 4.74 Å². The molecule has 1 aromatic carbocycles. The number of hydrogen-bond acceptors (Lipinski definition) is 6. The predicted molar refractivity (Wildman–Crippen MR) is 105 cm³/mol. The lowest BCUT2D eigenvalue weighted by Crippen LogP contribution is -2.35. The molecule has 0 unspecified atom stereocenters. The van der Waals surface area contributed by atoms with Gasteiger partial charge < -0.3 is 15.0 Å². The van der Waals surface area contributed by atoms with Crippen LogP contribution in [0, 0.1) is 0 Å². The Balaban J connectivity index is 1.56. The highest BCUT2D eigenvalue weighted by Gasteiger charge is 2.24. The molecule has 140 valence electrons. The lowest BCUT2D eigenvalue weighted by Gasteiger charge is -2.19. The Hall–Kier alpha value is -3.29. The van der Waals surface area contributed by atoms with E-state index in [1.807, 2.05) is 29.2 Å².